The molecule has 9 heteroatoms. The number of nitrogens with one attached hydrogen (secondary N) is 1. The van der Waals surface area contributed by atoms with E-state index < -0.39 is 10.0 Å². The topological polar surface area (TPSA) is 94.2 Å². The Morgan fingerprint density at radius 1 is 1.00 bits per heavy atom. The Bertz CT molecular complexity index is 1050. The van der Waals surface area contributed by atoms with Crippen molar-refractivity contribution in [2.24, 2.45) is 0 Å². The summed E-state index contributed by atoms with van der Waals surface area (Å²) in [5.74, 6) is 1.42. The van der Waals surface area contributed by atoms with Crippen LogP contribution in [0.2, 0.25) is 0 Å². The van der Waals surface area contributed by atoms with E-state index in [0.717, 1.165) is 37.7 Å². The molecule has 2 aromatic carbocycles. The molecule has 0 spiro atoms. The average molecular weight is 491 g/mol. The Hall–Kier alpha value is -2.78. The number of rotatable bonds is 11. The molecule has 186 valence electrons. The fourth-order valence-corrected chi connectivity index (χ4v) is 5.82. The first kappa shape index (κ1) is 25.8. The number of hydrogen-bond acceptors (Lipinski definition) is 6. The van der Waals surface area contributed by atoms with Gasteiger partial charge in [-0.3, -0.25) is 4.79 Å². The van der Waals surface area contributed by atoms with Crippen molar-refractivity contribution >= 4 is 15.9 Å². The number of nitrogens with zero attached hydrogens (tertiary/aromatic N) is 1. The van der Waals surface area contributed by atoms with Crippen LogP contribution < -0.4 is 19.5 Å². The van der Waals surface area contributed by atoms with Gasteiger partial charge in [-0.15, -0.1) is 0 Å². The minimum absolute atomic E-state index is 0.161. The van der Waals surface area contributed by atoms with Crippen molar-refractivity contribution in [1.82, 2.24) is 9.62 Å². The lowest BCUT2D eigenvalue weighted by molar-refractivity contribution is -0.121. The zero-order chi connectivity index (χ0) is 24.6. The third kappa shape index (κ3) is 6.42. The van der Waals surface area contributed by atoms with Gasteiger partial charge in [0.2, 0.25) is 15.9 Å². The summed E-state index contributed by atoms with van der Waals surface area (Å²) in [4.78, 5) is 13.0. The zero-order valence-corrected chi connectivity index (χ0v) is 20.9. The van der Waals surface area contributed by atoms with E-state index in [2.05, 4.69) is 5.32 Å². The van der Waals surface area contributed by atoms with E-state index in [1.54, 1.807) is 38.5 Å². The summed E-state index contributed by atoms with van der Waals surface area (Å²) in [6.07, 6.45) is 4.48. The van der Waals surface area contributed by atoms with Crippen molar-refractivity contribution in [2.45, 2.75) is 56.5 Å². The van der Waals surface area contributed by atoms with Crippen molar-refractivity contribution in [3.63, 3.8) is 0 Å². The van der Waals surface area contributed by atoms with Crippen LogP contribution in [0.15, 0.2) is 47.4 Å². The fraction of sp³-hybridized carbons (Fsp3) is 0.480. The molecule has 1 N–H and O–H groups in total. The summed E-state index contributed by atoms with van der Waals surface area (Å²) in [5, 5.41) is 2.85. The van der Waals surface area contributed by atoms with E-state index >= 15 is 0 Å². The summed E-state index contributed by atoms with van der Waals surface area (Å²) in [6, 6.07) is 11.6. The maximum atomic E-state index is 13.5. The molecule has 1 aliphatic carbocycles. The first-order valence-corrected chi connectivity index (χ1v) is 13.0. The molecule has 1 amide bonds. The molecule has 0 bridgehead atoms. The van der Waals surface area contributed by atoms with Gasteiger partial charge in [-0.1, -0.05) is 25.3 Å². The second kappa shape index (κ2) is 12.1. The van der Waals surface area contributed by atoms with Crippen LogP contribution in [0.3, 0.4) is 0 Å². The Balaban J connectivity index is 1.74. The highest BCUT2D eigenvalue weighted by molar-refractivity contribution is 7.89. The number of amides is 1. The van der Waals surface area contributed by atoms with Crippen LogP contribution in [0.5, 0.6) is 17.2 Å². The van der Waals surface area contributed by atoms with Gasteiger partial charge in [0.15, 0.2) is 11.5 Å². The molecule has 0 aliphatic heterocycles. The summed E-state index contributed by atoms with van der Waals surface area (Å²) >= 11 is 0. The Kier molecular flexibility index (Phi) is 9.18. The van der Waals surface area contributed by atoms with Crippen molar-refractivity contribution in [3.8, 4) is 17.2 Å². The molecule has 0 saturated heterocycles. The Morgan fingerprint density at radius 2 is 1.68 bits per heavy atom. The lowest BCUT2D eigenvalue weighted by atomic mass is 9.95. The predicted octanol–water partition coefficient (Wildman–Crippen LogP) is 3.74. The zero-order valence-electron chi connectivity index (χ0n) is 20.1. The minimum atomic E-state index is -3.85. The van der Waals surface area contributed by atoms with Gasteiger partial charge in [0.1, 0.15) is 5.75 Å². The van der Waals surface area contributed by atoms with Crippen LogP contribution >= 0.6 is 0 Å². The number of hydrogen-bond donors (Lipinski definition) is 1. The third-order valence-corrected chi connectivity index (χ3v) is 7.87. The molecular formula is C25H34N2O6S. The number of carbonyl (C=O) groups is 1. The maximum Gasteiger partial charge on any atom is 0.243 e. The van der Waals surface area contributed by atoms with Crippen molar-refractivity contribution in [2.75, 3.05) is 27.4 Å². The Labute approximate surface area is 202 Å². The fourth-order valence-electron chi connectivity index (χ4n) is 4.18. The highest BCUT2D eigenvalue weighted by Crippen LogP contribution is 2.29. The second-order valence-electron chi connectivity index (χ2n) is 8.21. The molecule has 0 radical (unpaired) electrons. The molecule has 0 atom stereocenters. The molecule has 2 aromatic rings. The largest absolute Gasteiger partial charge is 0.494 e. The van der Waals surface area contributed by atoms with E-state index in [4.69, 9.17) is 14.2 Å². The van der Waals surface area contributed by atoms with Gasteiger partial charge >= 0.3 is 0 Å². The van der Waals surface area contributed by atoms with E-state index in [1.807, 2.05) is 13.0 Å². The second-order valence-corrected chi connectivity index (χ2v) is 10.1. The summed E-state index contributed by atoms with van der Waals surface area (Å²) in [7, 11) is -0.741. The molecule has 3 rings (SSSR count). The van der Waals surface area contributed by atoms with E-state index in [-0.39, 0.29) is 29.9 Å². The van der Waals surface area contributed by atoms with Crippen LogP contribution in [0.25, 0.3) is 0 Å². The molecule has 0 heterocycles. The lowest BCUT2D eigenvalue weighted by Gasteiger charge is -2.33. The van der Waals surface area contributed by atoms with E-state index in [0.29, 0.717) is 23.9 Å². The highest BCUT2D eigenvalue weighted by atomic mass is 32.2. The van der Waals surface area contributed by atoms with Gasteiger partial charge < -0.3 is 19.5 Å². The van der Waals surface area contributed by atoms with Crippen LogP contribution in [0.4, 0.5) is 0 Å². The predicted molar refractivity (Wildman–Crippen MR) is 130 cm³/mol. The van der Waals surface area contributed by atoms with Gasteiger partial charge in [0, 0.05) is 12.6 Å². The van der Waals surface area contributed by atoms with Crippen LogP contribution in [-0.2, 0) is 21.4 Å². The molecule has 0 aromatic heterocycles. The molecule has 0 unspecified atom stereocenters. The minimum Gasteiger partial charge on any atom is -0.494 e. The van der Waals surface area contributed by atoms with Gasteiger partial charge in [0.05, 0.1) is 32.3 Å². The van der Waals surface area contributed by atoms with Crippen molar-refractivity contribution < 1.29 is 27.4 Å². The molecule has 1 fully saturated rings. The molecule has 8 nitrogen and oxygen atoms in total. The van der Waals surface area contributed by atoms with E-state index in [1.165, 1.54) is 16.4 Å². The van der Waals surface area contributed by atoms with Crippen molar-refractivity contribution in [3.05, 3.63) is 48.0 Å². The maximum absolute atomic E-state index is 13.5. The highest BCUT2D eigenvalue weighted by Gasteiger charge is 2.34. The third-order valence-electron chi connectivity index (χ3n) is 5.96. The van der Waals surface area contributed by atoms with E-state index in [9.17, 15) is 13.2 Å². The molecular weight excluding hydrogens is 456 g/mol. The number of ether oxygens (including phenoxy) is 3. The Morgan fingerprint density at radius 3 is 2.29 bits per heavy atom. The molecule has 1 aliphatic rings. The van der Waals surface area contributed by atoms with Gasteiger partial charge in [-0.05, 0) is 61.7 Å². The van der Waals surface area contributed by atoms with Crippen LogP contribution in [-0.4, -0.2) is 52.0 Å². The average Bonchev–Trinajstić information content (AvgIpc) is 2.86. The first-order chi connectivity index (χ1) is 16.4. The van der Waals surface area contributed by atoms with Gasteiger partial charge in [-0.2, -0.15) is 4.31 Å². The SMILES string of the molecule is CCOc1ccc(S(=O)(=O)N(CC(=O)NCc2ccc(OC)c(OC)c2)C2CCCCC2)cc1. The summed E-state index contributed by atoms with van der Waals surface area (Å²) in [5.41, 5.74) is 0.824. The van der Waals surface area contributed by atoms with Gasteiger partial charge in [-0.25, -0.2) is 8.42 Å². The number of carbonyl (C=O) groups excluding carboxylic acids is 1. The monoisotopic (exact) mass is 490 g/mol. The smallest absolute Gasteiger partial charge is 0.243 e. The first-order valence-electron chi connectivity index (χ1n) is 11.6. The number of methoxy groups -OCH3 is 2. The summed E-state index contributed by atoms with van der Waals surface area (Å²) < 4.78 is 44.4. The van der Waals surface area contributed by atoms with Crippen molar-refractivity contribution in [1.29, 1.82) is 0 Å². The quantitative estimate of drug-likeness (QED) is 0.516. The standard InChI is InChI=1S/C25H34N2O6S/c1-4-33-21-11-13-22(14-12-21)34(29,30)27(20-8-6-5-7-9-20)18-25(28)26-17-19-10-15-23(31-2)24(16-19)32-3/h10-16,20H,4-9,17-18H2,1-3H3,(H,26,28). The van der Waals surface area contributed by atoms with Crippen LogP contribution in [0.1, 0.15) is 44.6 Å². The normalized spacial score (nSPS) is 14.6. The van der Waals surface area contributed by atoms with Crippen LogP contribution in [0, 0.1) is 0 Å². The number of benzene rings is 2. The summed E-state index contributed by atoms with van der Waals surface area (Å²) in [6.45, 7) is 2.39. The lowest BCUT2D eigenvalue weighted by Crippen LogP contribution is -2.46. The number of sulfonamides is 1. The molecule has 34 heavy (non-hydrogen) atoms. The molecule has 1 saturated carbocycles. The van der Waals surface area contributed by atoms with Gasteiger partial charge in [0.25, 0.3) is 0 Å².